The van der Waals surface area contributed by atoms with Crippen molar-refractivity contribution in [1.82, 2.24) is 4.90 Å². The van der Waals surface area contributed by atoms with Crippen molar-refractivity contribution in [2.45, 2.75) is 46.3 Å². The van der Waals surface area contributed by atoms with Gasteiger partial charge in [0.1, 0.15) is 11.3 Å². The fourth-order valence-electron chi connectivity index (χ4n) is 2.79. The molecule has 5 nitrogen and oxygen atoms in total. The van der Waals surface area contributed by atoms with Crippen LogP contribution in [0.4, 0.5) is 0 Å². The monoisotopic (exact) mass is 319 g/mol. The number of rotatable bonds is 6. The summed E-state index contributed by atoms with van der Waals surface area (Å²) in [4.78, 5) is 13.9. The van der Waals surface area contributed by atoms with Crippen LogP contribution in [0.3, 0.4) is 0 Å². The normalized spacial score (nSPS) is 12.3. The molecule has 1 heterocycles. The van der Waals surface area contributed by atoms with E-state index < -0.39 is 11.2 Å². The topological polar surface area (TPSA) is 73.9 Å². The van der Waals surface area contributed by atoms with Crippen LogP contribution < -0.4 is 5.63 Å². The molecule has 126 valence electrons. The molecule has 0 aliphatic carbocycles. The third-order valence-electron chi connectivity index (χ3n) is 3.86. The van der Waals surface area contributed by atoms with Crippen molar-refractivity contribution in [3.05, 3.63) is 39.7 Å². The summed E-state index contributed by atoms with van der Waals surface area (Å²) >= 11 is 0. The Hall–Kier alpha value is -1.85. The quantitative estimate of drug-likeness (QED) is 0.801. The van der Waals surface area contributed by atoms with Gasteiger partial charge in [0.25, 0.3) is 0 Å². The van der Waals surface area contributed by atoms with E-state index in [1.807, 2.05) is 19.9 Å². The number of aryl methyl sites for hydroxylation is 1. The van der Waals surface area contributed by atoms with Gasteiger partial charge >= 0.3 is 5.63 Å². The predicted molar refractivity (Wildman–Crippen MR) is 90.8 cm³/mol. The van der Waals surface area contributed by atoms with Crippen LogP contribution in [0, 0.1) is 0 Å². The number of aromatic hydroxyl groups is 1. The zero-order valence-corrected chi connectivity index (χ0v) is 14.2. The Kier molecular flexibility index (Phi) is 5.12. The Morgan fingerprint density at radius 2 is 1.87 bits per heavy atom. The molecule has 0 saturated heterocycles. The first-order valence-corrected chi connectivity index (χ1v) is 7.97. The van der Waals surface area contributed by atoms with Crippen molar-refractivity contribution in [2.75, 3.05) is 13.1 Å². The minimum atomic E-state index is -0.807. The molecule has 23 heavy (non-hydrogen) atoms. The summed E-state index contributed by atoms with van der Waals surface area (Å²) in [7, 11) is 0. The van der Waals surface area contributed by atoms with Crippen molar-refractivity contribution >= 4 is 11.0 Å². The predicted octanol–water partition coefficient (Wildman–Crippen LogP) is 2.65. The lowest BCUT2D eigenvalue weighted by Crippen LogP contribution is -2.38. The number of phenolic OH excluding ortho intramolecular Hbond substituents is 1. The van der Waals surface area contributed by atoms with Crippen molar-refractivity contribution < 1.29 is 14.6 Å². The molecule has 0 amide bonds. The molecule has 0 unspecified atom stereocenters. The van der Waals surface area contributed by atoms with Gasteiger partial charge in [-0.1, -0.05) is 13.8 Å². The van der Waals surface area contributed by atoms with Crippen LogP contribution in [0.2, 0.25) is 0 Å². The first kappa shape index (κ1) is 17.5. The van der Waals surface area contributed by atoms with Crippen molar-refractivity contribution in [3.63, 3.8) is 0 Å². The molecule has 0 bridgehead atoms. The molecular weight excluding hydrogens is 294 g/mol. The molecule has 1 aromatic carbocycles. The number of aliphatic hydroxyl groups is 1. The second-order valence-electron chi connectivity index (χ2n) is 6.54. The van der Waals surface area contributed by atoms with Crippen LogP contribution >= 0.6 is 0 Å². The molecule has 1 aromatic heterocycles. The Balaban J connectivity index is 2.48. The molecule has 0 aliphatic rings. The highest BCUT2D eigenvalue weighted by atomic mass is 16.4. The number of fused-ring (bicyclic) bond motifs is 1. The van der Waals surface area contributed by atoms with Gasteiger partial charge < -0.3 is 14.6 Å². The van der Waals surface area contributed by atoms with Crippen molar-refractivity contribution in [2.24, 2.45) is 0 Å². The summed E-state index contributed by atoms with van der Waals surface area (Å²) in [6, 6.07) is 4.87. The summed E-state index contributed by atoms with van der Waals surface area (Å²) in [5.41, 5.74) is 0.810. The second kappa shape index (κ2) is 6.72. The standard InChI is InChI=1S/C18H25NO4/c1-5-12-7-14-13(10-19(6-2)11-18(3,4)22)8-17(21)23-16(14)9-15(12)20/h7-9,20,22H,5-6,10-11H2,1-4H3. The van der Waals surface area contributed by atoms with Gasteiger partial charge in [-0.25, -0.2) is 4.79 Å². The number of likely N-dealkylation sites (N-methyl/N-ethyl adjacent to an activating group) is 1. The Labute approximate surface area is 136 Å². The highest BCUT2D eigenvalue weighted by molar-refractivity contribution is 5.82. The molecule has 0 saturated carbocycles. The Bertz CT molecular complexity index is 743. The van der Waals surface area contributed by atoms with Crippen LogP contribution in [0.15, 0.2) is 27.4 Å². The van der Waals surface area contributed by atoms with E-state index in [1.54, 1.807) is 13.8 Å². The number of benzene rings is 1. The van der Waals surface area contributed by atoms with E-state index in [2.05, 4.69) is 4.90 Å². The van der Waals surface area contributed by atoms with Crippen molar-refractivity contribution in [3.8, 4) is 5.75 Å². The fourth-order valence-corrected chi connectivity index (χ4v) is 2.79. The van der Waals surface area contributed by atoms with E-state index in [9.17, 15) is 15.0 Å². The average molecular weight is 319 g/mol. The summed E-state index contributed by atoms with van der Waals surface area (Å²) in [5.74, 6) is 0.143. The lowest BCUT2D eigenvalue weighted by molar-refractivity contribution is 0.0354. The van der Waals surface area contributed by atoms with Crippen LogP contribution in [0.25, 0.3) is 11.0 Å². The van der Waals surface area contributed by atoms with Gasteiger partial charge in [-0.05, 0) is 44.0 Å². The first-order valence-electron chi connectivity index (χ1n) is 7.97. The summed E-state index contributed by atoms with van der Waals surface area (Å²) in [5, 5.41) is 20.8. The van der Waals surface area contributed by atoms with Crippen LogP contribution in [0.5, 0.6) is 5.75 Å². The zero-order valence-electron chi connectivity index (χ0n) is 14.2. The van der Waals surface area contributed by atoms with E-state index in [0.29, 0.717) is 25.1 Å². The van der Waals surface area contributed by atoms with Crippen LogP contribution in [-0.4, -0.2) is 33.8 Å². The molecule has 2 rings (SSSR count). The number of hydrogen-bond donors (Lipinski definition) is 2. The van der Waals surface area contributed by atoms with E-state index in [-0.39, 0.29) is 5.75 Å². The van der Waals surface area contributed by atoms with Gasteiger partial charge in [0.2, 0.25) is 0 Å². The van der Waals surface area contributed by atoms with Gasteiger partial charge in [-0.2, -0.15) is 0 Å². The number of hydrogen-bond acceptors (Lipinski definition) is 5. The van der Waals surface area contributed by atoms with Crippen molar-refractivity contribution in [1.29, 1.82) is 0 Å². The zero-order chi connectivity index (χ0) is 17.2. The minimum Gasteiger partial charge on any atom is -0.508 e. The maximum atomic E-state index is 11.8. The molecule has 5 heteroatoms. The number of nitrogens with zero attached hydrogens (tertiary/aromatic N) is 1. The fraction of sp³-hybridized carbons (Fsp3) is 0.500. The van der Waals surface area contributed by atoms with Crippen LogP contribution in [-0.2, 0) is 13.0 Å². The second-order valence-corrected chi connectivity index (χ2v) is 6.54. The van der Waals surface area contributed by atoms with Gasteiger partial charge in [0.15, 0.2) is 0 Å². The lowest BCUT2D eigenvalue weighted by Gasteiger charge is -2.28. The molecule has 0 aliphatic heterocycles. The SMILES string of the molecule is CCc1cc2c(CN(CC)CC(C)(C)O)cc(=O)oc2cc1O. The number of phenols is 1. The highest BCUT2D eigenvalue weighted by Gasteiger charge is 2.19. The molecule has 0 spiro atoms. The summed E-state index contributed by atoms with van der Waals surface area (Å²) in [6.45, 7) is 9.31. The smallest absolute Gasteiger partial charge is 0.336 e. The molecule has 0 radical (unpaired) electrons. The Morgan fingerprint density at radius 3 is 2.43 bits per heavy atom. The molecule has 0 atom stereocenters. The van der Waals surface area contributed by atoms with E-state index >= 15 is 0 Å². The Morgan fingerprint density at radius 1 is 1.17 bits per heavy atom. The van der Waals surface area contributed by atoms with E-state index in [1.165, 1.54) is 12.1 Å². The third-order valence-corrected chi connectivity index (χ3v) is 3.86. The maximum Gasteiger partial charge on any atom is 0.336 e. The molecular formula is C18H25NO4. The third kappa shape index (κ3) is 4.33. The average Bonchev–Trinajstić information content (AvgIpc) is 2.44. The van der Waals surface area contributed by atoms with Crippen LogP contribution in [0.1, 0.15) is 38.8 Å². The molecule has 0 fully saturated rings. The van der Waals surface area contributed by atoms with E-state index in [4.69, 9.17) is 4.42 Å². The molecule has 2 N–H and O–H groups in total. The molecule has 2 aromatic rings. The minimum absolute atomic E-state index is 0.143. The maximum absolute atomic E-state index is 11.8. The highest BCUT2D eigenvalue weighted by Crippen LogP contribution is 2.27. The van der Waals surface area contributed by atoms with Gasteiger partial charge in [-0.15, -0.1) is 0 Å². The largest absolute Gasteiger partial charge is 0.508 e. The summed E-state index contributed by atoms with van der Waals surface area (Å²) < 4.78 is 5.22. The summed E-state index contributed by atoms with van der Waals surface area (Å²) in [6.07, 6.45) is 0.696. The van der Waals surface area contributed by atoms with Gasteiger partial charge in [0.05, 0.1) is 5.60 Å². The first-order chi connectivity index (χ1) is 10.7. The van der Waals surface area contributed by atoms with Gasteiger partial charge in [-0.3, -0.25) is 4.90 Å². The van der Waals surface area contributed by atoms with Gasteiger partial charge in [0, 0.05) is 30.6 Å². The van der Waals surface area contributed by atoms with E-state index in [0.717, 1.165) is 23.1 Å². The lowest BCUT2D eigenvalue weighted by atomic mass is 10.0.